The molecule has 2 heterocycles. The maximum absolute atomic E-state index is 12.1. The van der Waals surface area contributed by atoms with E-state index in [4.69, 9.17) is 4.74 Å². The number of ether oxygens (including phenoxy) is 1. The first-order valence-corrected chi connectivity index (χ1v) is 9.98. The Kier molecular flexibility index (Phi) is 6.37. The average molecular weight is 373 g/mol. The number of carbonyl (C=O) groups is 1. The van der Waals surface area contributed by atoms with E-state index in [1.807, 2.05) is 39.1 Å². The number of anilines is 1. The third-order valence-corrected chi connectivity index (χ3v) is 5.84. The summed E-state index contributed by atoms with van der Waals surface area (Å²) in [5, 5.41) is 6.47. The normalized spacial score (nSPS) is 23.7. The van der Waals surface area contributed by atoms with Gasteiger partial charge in [0.1, 0.15) is 0 Å². The van der Waals surface area contributed by atoms with Crippen LogP contribution in [0.15, 0.2) is 29.3 Å². The highest BCUT2D eigenvalue weighted by Gasteiger charge is 2.42. The van der Waals surface area contributed by atoms with E-state index in [-0.39, 0.29) is 11.8 Å². The Morgan fingerprint density at radius 2 is 2.26 bits per heavy atom. The van der Waals surface area contributed by atoms with E-state index in [1.165, 1.54) is 6.42 Å². The molecule has 3 rings (SSSR count). The number of nitrogens with zero attached hydrogens (tertiary/aromatic N) is 2. The van der Waals surface area contributed by atoms with Gasteiger partial charge in [-0.15, -0.1) is 0 Å². The smallest absolute Gasteiger partial charge is 0.227 e. The minimum atomic E-state index is 0.0210. The summed E-state index contributed by atoms with van der Waals surface area (Å²) in [6.07, 6.45) is 3.16. The van der Waals surface area contributed by atoms with Gasteiger partial charge in [-0.25, -0.2) is 0 Å². The first-order chi connectivity index (χ1) is 13.0. The second-order valence-corrected chi connectivity index (χ2v) is 7.87. The molecule has 2 fully saturated rings. The maximum atomic E-state index is 12.1. The third-order valence-electron chi connectivity index (χ3n) is 5.84. The van der Waals surface area contributed by atoms with Gasteiger partial charge < -0.3 is 20.3 Å². The Labute approximate surface area is 162 Å². The van der Waals surface area contributed by atoms with Gasteiger partial charge in [-0.1, -0.05) is 26.0 Å². The summed E-state index contributed by atoms with van der Waals surface area (Å²) < 4.78 is 5.62. The highest BCUT2D eigenvalue weighted by Crippen LogP contribution is 2.38. The van der Waals surface area contributed by atoms with Gasteiger partial charge in [-0.2, -0.15) is 0 Å². The Hall–Kier alpha value is -2.08. The molecule has 6 nitrogen and oxygen atoms in total. The van der Waals surface area contributed by atoms with Crippen molar-refractivity contribution in [1.82, 2.24) is 10.2 Å². The lowest BCUT2D eigenvalue weighted by Gasteiger charge is -2.25. The van der Waals surface area contributed by atoms with Crippen LogP contribution in [-0.4, -0.2) is 50.1 Å². The van der Waals surface area contributed by atoms with Gasteiger partial charge >= 0.3 is 0 Å². The molecule has 2 aliphatic heterocycles. The summed E-state index contributed by atoms with van der Waals surface area (Å²) in [4.78, 5) is 18.9. The molecule has 2 unspecified atom stereocenters. The van der Waals surface area contributed by atoms with E-state index in [0.717, 1.165) is 56.4 Å². The highest BCUT2D eigenvalue weighted by atomic mass is 16.5. The minimum Gasteiger partial charge on any atom is -0.381 e. The van der Waals surface area contributed by atoms with Crippen molar-refractivity contribution < 1.29 is 9.53 Å². The van der Waals surface area contributed by atoms with Gasteiger partial charge in [0.25, 0.3) is 0 Å². The van der Waals surface area contributed by atoms with E-state index in [2.05, 4.69) is 26.6 Å². The predicted molar refractivity (Wildman–Crippen MR) is 109 cm³/mol. The Morgan fingerprint density at radius 3 is 2.96 bits per heavy atom. The molecule has 1 aromatic rings. The fourth-order valence-electron chi connectivity index (χ4n) is 3.81. The molecule has 0 aromatic heterocycles. The number of carbonyl (C=O) groups excluding carboxylic acids is 1. The van der Waals surface area contributed by atoms with Crippen molar-refractivity contribution in [2.24, 2.45) is 16.3 Å². The summed E-state index contributed by atoms with van der Waals surface area (Å²) in [7, 11) is 1.83. The number of likely N-dealkylation sites (tertiary alicyclic amines) is 1. The van der Waals surface area contributed by atoms with Crippen LogP contribution in [-0.2, 0) is 16.1 Å². The number of nitrogens with one attached hydrogen (secondary N) is 2. The van der Waals surface area contributed by atoms with E-state index < -0.39 is 0 Å². The summed E-state index contributed by atoms with van der Waals surface area (Å²) in [6, 6.07) is 8.00. The number of benzene rings is 1. The van der Waals surface area contributed by atoms with Crippen LogP contribution in [0.4, 0.5) is 5.69 Å². The second kappa shape index (κ2) is 8.74. The van der Waals surface area contributed by atoms with Gasteiger partial charge in [-0.3, -0.25) is 9.79 Å². The predicted octanol–water partition coefficient (Wildman–Crippen LogP) is 2.86. The van der Waals surface area contributed by atoms with Crippen molar-refractivity contribution in [2.45, 2.75) is 39.7 Å². The first-order valence-electron chi connectivity index (χ1n) is 9.98. The number of aliphatic imine (C=N–C) groups is 1. The second-order valence-electron chi connectivity index (χ2n) is 7.87. The van der Waals surface area contributed by atoms with E-state index in [9.17, 15) is 4.79 Å². The number of guanidine groups is 1. The van der Waals surface area contributed by atoms with Crippen LogP contribution in [0.25, 0.3) is 0 Å². The Bertz CT molecular complexity index is 683. The van der Waals surface area contributed by atoms with Crippen LogP contribution >= 0.6 is 0 Å². The van der Waals surface area contributed by atoms with Crippen LogP contribution in [0.3, 0.4) is 0 Å². The van der Waals surface area contributed by atoms with Crippen molar-refractivity contribution in [2.75, 3.05) is 38.7 Å². The zero-order valence-electron chi connectivity index (χ0n) is 16.8. The van der Waals surface area contributed by atoms with E-state index in [1.54, 1.807) is 0 Å². The molecule has 2 atom stereocenters. The molecule has 0 bridgehead atoms. The summed E-state index contributed by atoms with van der Waals surface area (Å²) >= 11 is 0. The van der Waals surface area contributed by atoms with Crippen molar-refractivity contribution >= 4 is 17.6 Å². The van der Waals surface area contributed by atoms with Gasteiger partial charge in [0.2, 0.25) is 5.91 Å². The zero-order valence-corrected chi connectivity index (χ0v) is 16.8. The van der Waals surface area contributed by atoms with Gasteiger partial charge in [0.05, 0.1) is 6.61 Å². The largest absolute Gasteiger partial charge is 0.381 e. The van der Waals surface area contributed by atoms with Gasteiger partial charge in [-0.05, 0) is 37.0 Å². The number of rotatable bonds is 5. The monoisotopic (exact) mass is 372 g/mol. The molecule has 0 aliphatic carbocycles. The quantitative estimate of drug-likeness (QED) is 0.616. The highest BCUT2D eigenvalue weighted by molar-refractivity contribution is 5.92. The molecule has 2 saturated heterocycles. The van der Waals surface area contributed by atoms with Crippen molar-refractivity contribution in [3.63, 3.8) is 0 Å². The summed E-state index contributed by atoms with van der Waals surface area (Å²) in [5.41, 5.74) is 2.28. The topological polar surface area (TPSA) is 66.0 Å². The van der Waals surface area contributed by atoms with Crippen molar-refractivity contribution in [1.29, 1.82) is 0 Å². The van der Waals surface area contributed by atoms with Crippen LogP contribution < -0.4 is 10.6 Å². The summed E-state index contributed by atoms with van der Waals surface area (Å²) in [6.45, 7) is 8.44. The zero-order chi connectivity index (χ0) is 19.3. The van der Waals surface area contributed by atoms with Crippen molar-refractivity contribution in [3.05, 3.63) is 29.8 Å². The van der Waals surface area contributed by atoms with E-state index >= 15 is 0 Å². The Morgan fingerprint density at radius 1 is 1.41 bits per heavy atom. The molecule has 6 heteroatoms. The molecule has 148 valence electrons. The Balaban J connectivity index is 1.56. The third kappa shape index (κ3) is 4.80. The van der Waals surface area contributed by atoms with E-state index in [0.29, 0.717) is 12.0 Å². The van der Waals surface area contributed by atoms with Gasteiger partial charge in [0.15, 0.2) is 5.96 Å². The number of amides is 1. The van der Waals surface area contributed by atoms with Crippen LogP contribution in [0.2, 0.25) is 0 Å². The number of hydrogen-bond donors (Lipinski definition) is 2. The molecule has 1 amide bonds. The van der Waals surface area contributed by atoms with Crippen LogP contribution in [0.1, 0.15) is 38.7 Å². The average Bonchev–Trinajstić information content (AvgIpc) is 3.32. The number of hydrogen-bond acceptors (Lipinski definition) is 3. The molecule has 1 spiro atoms. The molecular weight excluding hydrogens is 340 g/mol. The molecule has 2 N–H and O–H groups in total. The minimum absolute atomic E-state index is 0.0210. The molecular formula is C21H32N4O2. The van der Waals surface area contributed by atoms with Gasteiger partial charge in [0, 0.05) is 50.3 Å². The molecule has 27 heavy (non-hydrogen) atoms. The molecule has 0 radical (unpaired) electrons. The SMILES string of the molecule is CCC(C)C(=O)Nc1cccc(CNC(=NC)N2CCC3(CCOC3)C2)c1. The molecule has 1 aromatic carbocycles. The molecule has 0 saturated carbocycles. The van der Waals surface area contributed by atoms with Crippen LogP contribution in [0, 0.1) is 11.3 Å². The summed E-state index contributed by atoms with van der Waals surface area (Å²) in [5.74, 6) is 1.03. The molecule has 2 aliphatic rings. The fraction of sp³-hybridized carbons (Fsp3) is 0.619. The maximum Gasteiger partial charge on any atom is 0.227 e. The van der Waals surface area contributed by atoms with Crippen LogP contribution in [0.5, 0.6) is 0 Å². The lowest BCUT2D eigenvalue weighted by molar-refractivity contribution is -0.119. The fourth-order valence-corrected chi connectivity index (χ4v) is 3.81. The lowest BCUT2D eigenvalue weighted by atomic mass is 9.87. The van der Waals surface area contributed by atoms with Crippen molar-refractivity contribution in [3.8, 4) is 0 Å². The first kappa shape index (κ1) is 19.7. The lowest BCUT2D eigenvalue weighted by Crippen LogP contribution is -2.41. The standard InChI is InChI=1S/C21H32N4O2/c1-4-16(2)19(26)24-18-7-5-6-17(12-18)13-23-20(22-3)25-10-8-21(14-25)9-11-27-15-21/h5-7,12,16H,4,8-11,13-15H2,1-3H3,(H,22,23)(H,24,26).